The molecule has 1 aliphatic heterocycles. The second-order valence-electron chi connectivity index (χ2n) is 7.61. The molecule has 2 aromatic heterocycles. The quantitative estimate of drug-likeness (QED) is 0.684. The highest BCUT2D eigenvalue weighted by Gasteiger charge is 2.28. The van der Waals surface area contributed by atoms with Crippen LogP contribution in [0.2, 0.25) is 5.02 Å². The molecule has 6 nitrogen and oxygen atoms in total. The van der Waals surface area contributed by atoms with Crippen LogP contribution in [0.3, 0.4) is 0 Å². The van der Waals surface area contributed by atoms with Crippen LogP contribution in [0.4, 0.5) is 5.82 Å². The summed E-state index contributed by atoms with van der Waals surface area (Å²) in [6.45, 7) is 6.12. The number of piperidine rings is 1. The fraction of sp³-hybridized carbons (Fsp3) is 0.409. The number of aryl methyl sites for hydroxylation is 2. The van der Waals surface area contributed by atoms with E-state index in [1.54, 1.807) is 0 Å². The molecule has 0 aliphatic carbocycles. The molecule has 0 saturated carbocycles. The van der Waals surface area contributed by atoms with Crippen LogP contribution in [-0.2, 0) is 11.2 Å². The summed E-state index contributed by atoms with van der Waals surface area (Å²) in [4.78, 5) is 23.7. The van der Waals surface area contributed by atoms with E-state index in [2.05, 4.69) is 20.2 Å². The van der Waals surface area contributed by atoms with Crippen molar-refractivity contribution in [2.75, 3.05) is 24.5 Å². The van der Waals surface area contributed by atoms with Crippen molar-refractivity contribution in [3.63, 3.8) is 0 Å². The lowest BCUT2D eigenvalue weighted by molar-refractivity contribution is -0.125. The smallest absolute Gasteiger partial charge is 0.231 e. The molecule has 0 unspecified atom stereocenters. The number of nitrogens with one attached hydrogen (secondary N) is 1. The highest BCUT2D eigenvalue weighted by Crippen LogP contribution is 2.32. The number of nitrogens with zero attached hydrogens (tertiary/aromatic N) is 3. The molecule has 7 heteroatoms. The maximum absolute atomic E-state index is 12.7. The monoisotopic (exact) mass is 412 g/mol. The molecular weight excluding hydrogens is 388 g/mol. The first kappa shape index (κ1) is 19.7. The first-order valence-corrected chi connectivity index (χ1v) is 10.4. The third kappa shape index (κ3) is 4.22. The Hall–Kier alpha value is -2.60. The average molecular weight is 413 g/mol. The maximum Gasteiger partial charge on any atom is 0.231 e. The standard InChI is InChI=1S/C22H25ClN4O2/c1-14-15(2)29-22-19(14)20(25-13-26-22)27-11-3-4-17(12-27)21(28)24-10-9-16-5-7-18(23)8-6-16/h5-8,13,17H,3-4,9-12H2,1-2H3,(H,24,28)/t17-/m0/s1. The lowest BCUT2D eigenvalue weighted by Gasteiger charge is -2.33. The van der Waals surface area contributed by atoms with Gasteiger partial charge in [0.2, 0.25) is 11.6 Å². The van der Waals surface area contributed by atoms with E-state index in [-0.39, 0.29) is 11.8 Å². The lowest BCUT2D eigenvalue weighted by Crippen LogP contribution is -2.43. The Morgan fingerprint density at radius 2 is 2.07 bits per heavy atom. The van der Waals surface area contributed by atoms with Gasteiger partial charge >= 0.3 is 0 Å². The summed E-state index contributed by atoms with van der Waals surface area (Å²) in [6.07, 6.45) is 4.17. The van der Waals surface area contributed by atoms with Crippen molar-refractivity contribution in [1.29, 1.82) is 0 Å². The topological polar surface area (TPSA) is 71.3 Å². The molecule has 152 valence electrons. The number of halogens is 1. The average Bonchev–Trinajstić information content (AvgIpc) is 3.03. The number of carbonyl (C=O) groups is 1. The van der Waals surface area contributed by atoms with Crippen molar-refractivity contribution in [3.05, 3.63) is 52.5 Å². The molecule has 1 aromatic carbocycles. The number of carbonyl (C=O) groups excluding carboxylic acids is 1. The number of fused-ring (bicyclic) bond motifs is 1. The van der Waals surface area contributed by atoms with Gasteiger partial charge in [0.15, 0.2) is 0 Å². The summed E-state index contributed by atoms with van der Waals surface area (Å²) in [5.74, 6) is 1.78. The third-order valence-electron chi connectivity index (χ3n) is 5.66. The molecule has 4 rings (SSSR count). The molecule has 1 fully saturated rings. The Labute approximate surface area is 175 Å². The van der Waals surface area contributed by atoms with E-state index in [1.807, 2.05) is 38.1 Å². The van der Waals surface area contributed by atoms with Gasteiger partial charge in [-0.15, -0.1) is 0 Å². The molecule has 29 heavy (non-hydrogen) atoms. The van der Waals surface area contributed by atoms with E-state index in [0.717, 1.165) is 58.9 Å². The Morgan fingerprint density at radius 3 is 2.86 bits per heavy atom. The zero-order chi connectivity index (χ0) is 20.4. The van der Waals surface area contributed by atoms with Crippen molar-refractivity contribution >= 4 is 34.4 Å². The van der Waals surface area contributed by atoms with Crippen LogP contribution in [-0.4, -0.2) is 35.5 Å². The number of amides is 1. The van der Waals surface area contributed by atoms with E-state index in [0.29, 0.717) is 18.8 Å². The highest BCUT2D eigenvalue weighted by molar-refractivity contribution is 6.30. The maximum atomic E-state index is 12.7. The largest absolute Gasteiger partial charge is 0.443 e. The molecule has 0 bridgehead atoms. The second kappa shape index (κ2) is 8.41. The van der Waals surface area contributed by atoms with Crippen LogP contribution in [0.5, 0.6) is 0 Å². The molecule has 1 amide bonds. The van der Waals surface area contributed by atoms with Crippen LogP contribution in [0.1, 0.15) is 29.7 Å². The van der Waals surface area contributed by atoms with Crippen molar-refractivity contribution in [3.8, 4) is 0 Å². The van der Waals surface area contributed by atoms with Crippen LogP contribution in [0, 0.1) is 19.8 Å². The van der Waals surface area contributed by atoms with Gasteiger partial charge in [0.1, 0.15) is 17.9 Å². The number of aromatic nitrogens is 2. The molecule has 1 N–H and O–H groups in total. The fourth-order valence-corrected chi connectivity index (χ4v) is 4.04. The zero-order valence-electron chi connectivity index (χ0n) is 16.7. The fourth-order valence-electron chi connectivity index (χ4n) is 3.91. The number of hydrogen-bond acceptors (Lipinski definition) is 5. The van der Waals surface area contributed by atoms with Gasteiger partial charge in [0, 0.05) is 30.2 Å². The molecule has 0 spiro atoms. The third-order valence-corrected chi connectivity index (χ3v) is 5.92. The SMILES string of the molecule is Cc1oc2ncnc(N3CCC[C@H](C(=O)NCCc4ccc(Cl)cc4)C3)c2c1C. The Morgan fingerprint density at radius 1 is 1.28 bits per heavy atom. The minimum Gasteiger partial charge on any atom is -0.443 e. The number of anilines is 1. The van der Waals surface area contributed by atoms with E-state index in [4.69, 9.17) is 16.0 Å². The Balaban J connectivity index is 1.40. The molecule has 0 radical (unpaired) electrons. The van der Waals surface area contributed by atoms with E-state index >= 15 is 0 Å². The van der Waals surface area contributed by atoms with E-state index in [1.165, 1.54) is 6.33 Å². The van der Waals surface area contributed by atoms with Crippen molar-refractivity contribution < 1.29 is 9.21 Å². The van der Waals surface area contributed by atoms with Crippen LogP contribution >= 0.6 is 11.6 Å². The minimum atomic E-state index is -0.0488. The summed E-state index contributed by atoms with van der Waals surface area (Å²) in [6, 6.07) is 7.73. The molecule has 1 atom stereocenters. The normalized spacial score (nSPS) is 16.9. The van der Waals surface area contributed by atoms with Crippen molar-refractivity contribution in [1.82, 2.24) is 15.3 Å². The van der Waals surface area contributed by atoms with Gasteiger partial charge < -0.3 is 14.6 Å². The lowest BCUT2D eigenvalue weighted by atomic mass is 9.96. The summed E-state index contributed by atoms with van der Waals surface area (Å²) in [5.41, 5.74) is 2.83. The predicted molar refractivity (Wildman–Crippen MR) is 114 cm³/mol. The van der Waals surface area contributed by atoms with Crippen LogP contribution in [0.25, 0.3) is 11.1 Å². The zero-order valence-corrected chi connectivity index (χ0v) is 17.5. The van der Waals surface area contributed by atoms with Crippen molar-refractivity contribution in [2.45, 2.75) is 33.1 Å². The molecular formula is C22H25ClN4O2. The molecule has 3 heterocycles. The van der Waals surface area contributed by atoms with Gasteiger partial charge in [-0.3, -0.25) is 4.79 Å². The Kier molecular flexibility index (Phi) is 5.72. The first-order chi connectivity index (χ1) is 14.0. The summed E-state index contributed by atoms with van der Waals surface area (Å²) < 4.78 is 5.74. The molecule has 1 aliphatic rings. The molecule has 3 aromatic rings. The van der Waals surface area contributed by atoms with Gasteiger partial charge in [-0.1, -0.05) is 23.7 Å². The van der Waals surface area contributed by atoms with Crippen LogP contribution in [0.15, 0.2) is 35.0 Å². The number of rotatable bonds is 5. The van der Waals surface area contributed by atoms with Gasteiger partial charge in [0.25, 0.3) is 0 Å². The summed E-state index contributed by atoms with van der Waals surface area (Å²) in [5, 5.41) is 4.77. The van der Waals surface area contributed by atoms with E-state index < -0.39 is 0 Å². The van der Waals surface area contributed by atoms with Gasteiger partial charge in [-0.25, -0.2) is 9.97 Å². The highest BCUT2D eigenvalue weighted by atomic mass is 35.5. The second-order valence-corrected chi connectivity index (χ2v) is 8.05. The van der Waals surface area contributed by atoms with Gasteiger partial charge in [-0.05, 0) is 50.8 Å². The first-order valence-electron chi connectivity index (χ1n) is 10.0. The number of furan rings is 1. The summed E-state index contributed by atoms with van der Waals surface area (Å²) >= 11 is 5.92. The number of hydrogen-bond donors (Lipinski definition) is 1. The van der Waals surface area contributed by atoms with Crippen LogP contribution < -0.4 is 10.2 Å². The predicted octanol–water partition coefficient (Wildman–Crippen LogP) is 4.07. The van der Waals surface area contributed by atoms with E-state index in [9.17, 15) is 4.79 Å². The minimum absolute atomic E-state index is 0.0488. The van der Waals surface area contributed by atoms with Crippen molar-refractivity contribution in [2.24, 2.45) is 5.92 Å². The number of benzene rings is 1. The van der Waals surface area contributed by atoms with Gasteiger partial charge in [0.05, 0.1) is 11.3 Å². The summed E-state index contributed by atoms with van der Waals surface area (Å²) in [7, 11) is 0. The van der Waals surface area contributed by atoms with Gasteiger partial charge in [-0.2, -0.15) is 0 Å². The Bertz CT molecular complexity index is 1020. The molecule has 1 saturated heterocycles.